The molecule has 1 aliphatic rings. The second-order valence-corrected chi connectivity index (χ2v) is 9.20. The molecule has 2 aromatic carbocycles. The van der Waals surface area contributed by atoms with E-state index >= 15 is 0 Å². The number of fused-ring (bicyclic) bond motifs is 1. The second kappa shape index (κ2) is 9.02. The van der Waals surface area contributed by atoms with Crippen LogP contribution in [0.5, 0.6) is 0 Å². The summed E-state index contributed by atoms with van der Waals surface area (Å²) in [6.07, 6.45) is 0. The molecule has 3 aromatic rings. The van der Waals surface area contributed by atoms with Crippen molar-refractivity contribution in [3.63, 3.8) is 0 Å². The van der Waals surface area contributed by atoms with E-state index in [1.807, 2.05) is 40.6 Å². The molecular formula is C25H25FN2O2S. The predicted octanol–water partition coefficient (Wildman–Crippen LogP) is 5.14. The summed E-state index contributed by atoms with van der Waals surface area (Å²) in [4.78, 5) is 29.8. The van der Waals surface area contributed by atoms with Gasteiger partial charge in [-0.05, 0) is 46.7 Å². The lowest BCUT2D eigenvalue weighted by Crippen LogP contribution is -2.48. The zero-order valence-electron chi connectivity index (χ0n) is 17.5. The highest BCUT2D eigenvalue weighted by molar-refractivity contribution is 7.10. The van der Waals surface area contributed by atoms with Gasteiger partial charge in [0.05, 0.1) is 12.0 Å². The van der Waals surface area contributed by atoms with Crippen molar-refractivity contribution in [1.29, 1.82) is 0 Å². The van der Waals surface area contributed by atoms with Gasteiger partial charge >= 0.3 is 0 Å². The van der Waals surface area contributed by atoms with Gasteiger partial charge in [0.1, 0.15) is 5.82 Å². The normalized spacial score (nSPS) is 18.2. The highest BCUT2D eigenvalue weighted by Gasteiger charge is 2.44. The zero-order chi connectivity index (χ0) is 22.0. The minimum Gasteiger partial charge on any atom is -0.351 e. The first-order valence-electron chi connectivity index (χ1n) is 10.4. The van der Waals surface area contributed by atoms with Crippen LogP contribution in [0.15, 0.2) is 66.0 Å². The molecule has 0 unspecified atom stereocenters. The summed E-state index contributed by atoms with van der Waals surface area (Å²) >= 11 is 1.56. The molecule has 0 radical (unpaired) electrons. The van der Waals surface area contributed by atoms with Crippen molar-refractivity contribution < 1.29 is 14.0 Å². The number of carbonyl (C=O) groups is 2. The standard InChI is InChI=1S/C25H25FN2O2S/c1-16(2)15-28-23(21-8-5-13-31-21)22(19-6-3-4-7-20(19)25(28)30)24(29)27-14-17-9-11-18(26)12-10-17/h3-13,16,22-23H,14-15H2,1-2H3,(H,27,29)/t22-,23-/m1/s1. The molecule has 0 aliphatic carbocycles. The number of hydrogen-bond donors (Lipinski definition) is 1. The van der Waals surface area contributed by atoms with Gasteiger partial charge in [-0.2, -0.15) is 0 Å². The molecular weight excluding hydrogens is 411 g/mol. The van der Waals surface area contributed by atoms with E-state index in [1.54, 1.807) is 29.5 Å². The van der Waals surface area contributed by atoms with Crippen molar-refractivity contribution in [2.45, 2.75) is 32.4 Å². The second-order valence-electron chi connectivity index (χ2n) is 8.22. The maximum absolute atomic E-state index is 13.5. The average Bonchev–Trinajstić information content (AvgIpc) is 3.29. The Bertz CT molecular complexity index is 1060. The minimum absolute atomic E-state index is 0.0368. The maximum atomic E-state index is 13.5. The Hall–Kier alpha value is -2.99. The number of nitrogens with one attached hydrogen (secondary N) is 1. The SMILES string of the molecule is CC(C)CN1C(=O)c2ccccc2[C@@H](C(=O)NCc2ccc(F)cc2)[C@H]1c1cccs1. The van der Waals surface area contributed by atoms with E-state index in [0.717, 1.165) is 16.0 Å². The highest BCUT2D eigenvalue weighted by atomic mass is 32.1. The van der Waals surface area contributed by atoms with E-state index in [4.69, 9.17) is 0 Å². The fourth-order valence-corrected chi connectivity index (χ4v) is 5.02. The van der Waals surface area contributed by atoms with Gasteiger partial charge < -0.3 is 10.2 Å². The van der Waals surface area contributed by atoms with Crippen LogP contribution in [0.4, 0.5) is 4.39 Å². The summed E-state index contributed by atoms with van der Waals surface area (Å²) in [5.74, 6) is -0.745. The Morgan fingerprint density at radius 1 is 1.10 bits per heavy atom. The van der Waals surface area contributed by atoms with Crippen LogP contribution in [0.2, 0.25) is 0 Å². The summed E-state index contributed by atoms with van der Waals surface area (Å²) < 4.78 is 13.2. The van der Waals surface area contributed by atoms with Crippen LogP contribution in [0.25, 0.3) is 0 Å². The Kier molecular flexibility index (Phi) is 6.18. The zero-order valence-corrected chi connectivity index (χ0v) is 18.4. The molecule has 0 fully saturated rings. The van der Waals surface area contributed by atoms with E-state index in [-0.39, 0.29) is 29.6 Å². The Morgan fingerprint density at radius 3 is 2.52 bits per heavy atom. The van der Waals surface area contributed by atoms with Crippen molar-refractivity contribution in [3.05, 3.63) is 93.4 Å². The van der Waals surface area contributed by atoms with Crippen molar-refractivity contribution in [1.82, 2.24) is 10.2 Å². The van der Waals surface area contributed by atoms with E-state index < -0.39 is 5.92 Å². The number of benzene rings is 2. The summed E-state index contributed by atoms with van der Waals surface area (Å²) in [5.41, 5.74) is 2.15. The first-order valence-corrected chi connectivity index (χ1v) is 11.3. The number of rotatable bonds is 6. The van der Waals surface area contributed by atoms with Crippen LogP contribution in [0.1, 0.15) is 52.2 Å². The van der Waals surface area contributed by atoms with Gasteiger partial charge in [0.25, 0.3) is 5.91 Å². The van der Waals surface area contributed by atoms with Crippen LogP contribution in [0, 0.1) is 11.7 Å². The molecule has 0 spiro atoms. The van der Waals surface area contributed by atoms with Gasteiger partial charge in [0.2, 0.25) is 5.91 Å². The van der Waals surface area contributed by atoms with Gasteiger partial charge in [0, 0.05) is 23.5 Å². The highest BCUT2D eigenvalue weighted by Crippen LogP contribution is 2.44. The Balaban J connectivity index is 1.72. The number of nitrogens with zero attached hydrogens (tertiary/aromatic N) is 1. The van der Waals surface area contributed by atoms with Crippen molar-refractivity contribution in [2.75, 3.05) is 6.54 Å². The van der Waals surface area contributed by atoms with Crippen LogP contribution in [0.3, 0.4) is 0 Å². The molecule has 6 heteroatoms. The van der Waals surface area contributed by atoms with Gasteiger partial charge in [-0.1, -0.05) is 50.2 Å². The lowest BCUT2D eigenvalue weighted by molar-refractivity contribution is -0.124. The van der Waals surface area contributed by atoms with E-state index in [9.17, 15) is 14.0 Å². The minimum atomic E-state index is -0.522. The van der Waals surface area contributed by atoms with Crippen LogP contribution in [-0.2, 0) is 11.3 Å². The number of halogens is 1. The molecule has 0 saturated heterocycles. The topological polar surface area (TPSA) is 49.4 Å². The number of hydrogen-bond acceptors (Lipinski definition) is 3. The molecule has 1 aliphatic heterocycles. The summed E-state index contributed by atoms with van der Waals surface area (Å²) in [6.45, 7) is 5.01. The third kappa shape index (κ3) is 4.39. The van der Waals surface area contributed by atoms with Crippen molar-refractivity contribution in [2.24, 2.45) is 5.92 Å². The summed E-state index contributed by atoms with van der Waals surface area (Å²) in [6, 6.07) is 17.1. The lowest BCUT2D eigenvalue weighted by Gasteiger charge is -2.42. The molecule has 160 valence electrons. The quantitative estimate of drug-likeness (QED) is 0.582. The summed E-state index contributed by atoms with van der Waals surface area (Å²) in [5, 5.41) is 4.99. The number of carbonyl (C=O) groups excluding carboxylic acids is 2. The van der Waals surface area contributed by atoms with Crippen LogP contribution < -0.4 is 5.32 Å². The van der Waals surface area contributed by atoms with Crippen LogP contribution >= 0.6 is 11.3 Å². The van der Waals surface area contributed by atoms with Gasteiger partial charge in [-0.15, -0.1) is 11.3 Å². The molecule has 2 amide bonds. The average molecular weight is 437 g/mol. The number of thiophene rings is 1. The third-order valence-corrected chi connectivity index (χ3v) is 6.44. The van der Waals surface area contributed by atoms with Gasteiger partial charge in [-0.25, -0.2) is 4.39 Å². The van der Waals surface area contributed by atoms with Gasteiger partial charge in [0.15, 0.2) is 0 Å². The van der Waals surface area contributed by atoms with E-state index in [2.05, 4.69) is 19.2 Å². The molecule has 31 heavy (non-hydrogen) atoms. The largest absolute Gasteiger partial charge is 0.351 e. The van der Waals surface area contributed by atoms with Crippen molar-refractivity contribution >= 4 is 23.2 Å². The summed E-state index contributed by atoms with van der Waals surface area (Å²) in [7, 11) is 0. The molecule has 1 aromatic heterocycles. The molecule has 0 saturated carbocycles. The first-order chi connectivity index (χ1) is 15.0. The molecule has 0 bridgehead atoms. The Morgan fingerprint density at radius 2 is 1.84 bits per heavy atom. The lowest BCUT2D eigenvalue weighted by atomic mass is 9.81. The fraction of sp³-hybridized carbons (Fsp3) is 0.280. The van der Waals surface area contributed by atoms with Crippen molar-refractivity contribution in [3.8, 4) is 0 Å². The predicted molar refractivity (Wildman–Crippen MR) is 120 cm³/mol. The van der Waals surface area contributed by atoms with Gasteiger partial charge in [-0.3, -0.25) is 9.59 Å². The Labute approximate surface area is 185 Å². The molecule has 4 nitrogen and oxygen atoms in total. The smallest absolute Gasteiger partial charge is 0.254 e. The molecule has 2 heterocycles. The molecule has 1 N–H and O–H groups in total. The number of amides is 2. The third-order valence-electron chi connectivity index (χ3n) is 5.50. The monoisotopic (exact) mass is 436 g/mol. The van der Waals surface area contributed by atoms with Crippen LogP contribution in [-0.4, -0.2) is 23.3 Å². The fourth-order valence-electron chi connectivity index (χ4n) is 4.15. The van der Waals surface area contributed by atoms with E-state index in [0.29, 0.717) is 18.7 Å². The molecule has 4 rings (SSSR count). The first kappa shape index (κ1) is 21.2. The molecule has 2 atom stereocenters. The maximum Gasteiger partial charge on any atom is 0.254 e. The van der Waals surface area contributed by atoms with E-state index in [1.165, 1.54) is 12.1 Å².